The molecule has 0 saturated heterocycles. The van der Waals surface area contributed by atoms with Crippen LogP contribution in [-0.4, -0.2) is 30.7 Å². The van der Waals surface area contributed by atoms with E-state index in [9.17, 15) is 0 Å². The molecule has 0 aromatic carbocycles. The minimum Gasteiger partial charge on any atom is -0.378 e. The zero-order valence-corrected chi connectivity index (χ0v) is 15.1. The summed E-state index contributed by atoms with van der Waals surface area (Å²) >= 11 is 2.26. The molecule has 0 spiro atoms. The van der Waals surface area contributed by atoms with Gasteiger partial charge in [-0.1, -0.05) is 13.8 Å². The molecule has 0 amide bonds. The Labute approximate surface area is 135 Å². The van der Waals surface area contributed by atoms with E-state index in [0.29, 0.717) is 12.4 Å². The number of anilines is 1. The minimum atomic E-state index is -0.477. The zero-order valence-electron chi connectivity index (χ0n) is 12.9. The van der Waals surface area contributed by atoms with Gasteiger partial charge in [-0.25, -0.2) is 9.97 Å². The van der Waals surface area contributed by atoms with E-state index < -0.39 is 5.60 Å². The molecule has 0 aliphatic carbocycles. The van der Waals surface area contributed by atoms with E-state index in [2.05, 4.69) is 51.7 Å². The summed E-state index contributed by atoms with van der Waals surface area (Å²) in [7, 11) is 3.37. The molecule has 0 aliphatic heterocycles. The van der Waals surface area contributed by atoms with Gasteiger partial charge in [-0.15, -0.1) is 0 Å². The summed E-state index contributed by atoms with van der Waals surface area (Å²) in [5.74, 6) is 1.56. The molecule has 0 aliphatic rings. The quantitative estimate of drug-likeness (QED) is 0.687. The smallest absolute Gasteiger partial charge is 0.162 e. The highest BCUT2D eigenvalue weighted by molar-refractivity contribution is 14.1. The van der Waals surface area contributed by atoms with Gasteiger partial charge in [-0.2, -0.15) is 0 Å². The molecule has 0 saturated carbocycles. The molecule has 1 aromatic rings. The standard InChI is InChI=1S/C14H24IN3O2/c1-6-8-16-12-11(15)10(9-19-4)17-13(18-12)14(3,7-2)20-5/h6-9H2,1-5H3,(H,16,17,18). The molecule has 5 nitrogen and oxygen atoms in total. The van der Waals surface area contributed by atoms with Crippen molar-refractivity contribution in [3.05, 3.63) is 15.1 Å². The van der Waals surface area contributed by atoms with Gasteiger partial charge in [-0.05, 0) is 42.4 Å². The highest BCUT2D eigenvalue weighted by Crippen LogP contribution is 2.29. The molecule has 1 rings (SSSR count). The summed E-state index contributed by atoms with van der Waals surface area (Å²) in [6, 6.07) is 0. The zero-order chi connectivity index (χ0) is 15.2. The van der Waals surface area contributed by atoms with Crippen molar-refractivity contribution < 1.29 is 9.47 Å². The molecular formula is C14H24IN3O2. The maximum atomic E-state index is 5.61. The van der Waals surface area contributed by atoms with Crippen LogP contribution >= 0.6 is 22.6 Å². The molecule has 0 radical (unpaired) electrons. The molecule has 20 heavy (non-hydrogen) atoms. The Balaban J connectivity index is 3.27. The summed E-state index contributed by atoms with van der Waals surface area (Å²) < 4.78 is 11.9. The molecule has 6 heteroatoms. The molecule has 1 heterocycles. The van der Waals surface area contributed by atoms with Crippen molar-refractivity contribution >= 4 is 28.4 Å². The monoisotopic (exact) mass is 393 g/mol. The molecule has 1 atom stereocenters. The van der Waals surface area contributed by atoms with Crippen molar-refractivity contribution in [2.24, 2.45) is 0 Å². The van der Waals surface area contributed by atoms with Gasteiger partial charge in [-0.3, -0.25) is 0 Å². The first-order chi connectivity index (χ1) is 9.52. The Kier molecular flexibility index (Phi) is 7.11. The van der Waals surface area contributed by atoms with Crippen LogP contribution in [0.2, 0.25) is 0 Å². The second kappa shape index (κ2) is 8.09. The third kappa shape index (κ3) is 4.02. The number of halogens is 1. The van der Waals surface area contributed by atoms with E-state index in [1.54, 1.807) is 14.2 Å². The SMILES string of the molecule is CCCNc1nc(C(C)(CC)OC)nc(COC)c1I. The predicted octanol–water partition coefficient (Wildman–Crippen LogP) is 3.32. The number of hydrogen-bond donors (Lipinski definition) is 1. The van der Waals surface area contributed by atoms with Crippen LogP contribution in [0.1, 0.15) is 45.1 Å². The number of nitrogens with one attached hydrogen (secondary N) is 1. The first kappa shape index (κ1) is 17.6. The van der Waals surface area contributed by atoms with Crippen LogP contribution < -0.4 is 5.32 Å². The molecular weight excluding hydrogens is 369 g/mol. The molecule has 0 bridgehead atoms. The molecule has 1 N–H and O–H groups in total. The van der Waals surface area contributed by atoms with Crippen LogP contribution in [0.4, 0.5) is 5.82 Å². The van der Waals surface area contributed by atoms with Gasteiger partial charge >= 0.3 is 0 Å². The van der Waals surface area contributed by atoms with E-state index >= 15 is 0 Å². The van der Waals surface area contributed by atoms with Gasteiger partial charge in [0.1, 0.15) is 11.4 Å². The van der Waals surface area contributed by atoms with Crippen LogP contribution in [0.25, 0.3) is 0 Å². The average molecular weight is 393 g/mol. The lowest BCUT2D eigenvalue weighted by molar-refractivity contribution is -0.00932. The van der Waals surface area contributed by atoms with Crippen molar-refractivity contribution in [1.29, 1.82) is 0 Å². The Morgan fingerprint density at radius 2 is 1.95 bits per heavy atom. The number of methoxy groups -OCH3 is 2. The van der Waals surface area contributed by atoms with Crippen molar-refractivity contribution in [3.8, 4) is 0 Å². The van der Waals surface area contributed by atoms with Gasteiger partial charge in [0, 0.05) is 20.8 Å². The van der Waals surface area contributed by atoms with Gasteiger partial charge < -0.3 is 14.8 Å². The van der Waals surface area contributed by atoms with Crippen LogP contribution in [0, 0.1) is 3.57 Å². The van der Waals surface area contributed by atoms with E-state index in [1.165, 1.54) is 0 Å². The fourth-order valence-electron chi connectivity index (χ4n) is 1.72. The van der Waals surface area contributed by atoms with Crippen molar-refractivity contribution in [2.45, 2.75) is 45.8 Å². The normalized spacial score (nSPS) is 14.1. The van der Waals surface area contributed by atoms with E-state index in [0.717, 1.165) is 34.5 Å². The summed E-state index contributed by atoms with van der Waals surface area (Å²) in [6.45, 7) is 7.56. The second-order valence-corrected chi connectivity index (χ2v) is 5.88. The maximum absolute atomic E-state index is 5.61. The largest absolute Gasteiger partial charge is 0.378 e. The van der Waals surface area contributed by atoms with Gasteiger partial charge in [0.05, 0.1) is 15.9 Å². The third-order valence-electron chi connectivity index (χ3n) is 3.34. The predicted molar refractivity (Wildman–Crippen MR) is 88.9 cm³/mol. The lowest BCUT2D eigenvalue weighted by atomic mass is 10.0. The fourth-order valence-corrected chi connectivity index (χ4v) is 2.30. The van der Waals surface area contributed by atoms with Crippen LogP contribution in [-0.2, 0) is 21.7 Å². The number of nitrogens with zero attached hydrogens (tertiary/aromatic N) is 2. The van der Waals surface area contributed by atoms with Crippen LogP contribution in [0.15, 0.2) is 0 Å². The van der Waals surface area contributed by atoms with Gasteiger partial charge in [0.15, 0.2) is 5.82 Å². The highest BCUT2D eigenvalue weighted by atomic mass is 127. The van der Waals surface area contributed by atoms with Crippen LogP contribution in [0.3, 0.4) is 0 Å². The van der Waals surface area contributed by atoms with Crippen molar-refractivity contribution in [2.75, 3.05) is 26.1 Å². The Morgan fingerprint density at radius 3 is 2.45 bits per heavy atom. The minimum absolute atomic E-state index is 0.470. The van der Waals surface area contributed by atoms with Crippen molar-refractivity contribution in [3.63, 3.8) is 0 Å². The van der Waals surface area contributed by atoms with Gasteiger partial charge in [0.25, 0.3) is 0 Å². The summed E-state index contributed by atoms with van der Waals surface area (Å²) in [4.78, 5) is 9.29. The molecule has 114 valence electrons. The summed E-state index contributed by atoms with van der Waals surface area (Å²) in [5, 5.41) is 3.35. The average Bonchev–Trinajstić information content (AvgIpc) is 2.47. The lowest BCUT2D eigenvalue weighted by Gasteiger charge is -2.26. The number of hydrogen-bond acceptors (Lipinski definition) is 5. The van der Waals surface area contributed by atoms with E-state index in [-0.39, 0.29) is 0 Å². The second-order valence-electron chi connectivity index (χ2n) is 4.80. The number of ether oxygens (including phenoxy) is 2. The first-order valence-electron chi connectivity index (χ1n) is 6.87. The van der Waals surface area contributed by atoms with E-state index in [4.69, 9.17) is 9.47 Å². The molecule has 1 unspecified atom stereocenters. The first-order valence-corrected chi connectivity index (χ1v) is 7.95. The van der Waals surface area contributed by atoms with Crippen molar-refractivity contribution in [1.82, 2.24) is 9.97 Å². The third-order valence-corrected chi connectivity index (χ3v) is 4.48. The molecule has 1 aromatic heterocycles. The summed E-state index contributed by atoms with van der Waals surface area (Å²) in [6.07, 6.45) is 1.86. The van der Waals surface area contributed by atoms with Gasteiger partial charge in [0.2, 0.25) is 0 Å². The topological polar surface area (TPSA) is 56.3 Å². The van der Waals surface area contributed by atoms with Crippen LogP contribution in [0.5, 0.6) is 0 Å². The Morgan fingerprint density at radius 1 is 1.25 bits per heavy atom. The number of rotatable bonds is 8. The Hall–Kier alpha value is -0.470. The highest BCUT2D eigenvalue weighted by Gasteiger charge is 2.29. The molecule has 0 fully saturated rings. The van der Waals surface area contributed by atoms with E-state index in [1.807, 2.05) is 6.92 Å². The fraction of sp³-hybridized carbons (Fsp3) is 0.714. The maximum Gasteiger partial charge on any atom is 0.162 e. The lowest BCUT2D eigenvalue weighted by Crippen LogP contribution is -2.28. The Bertz CT molecular complexity index is 437. The number of aromatic nitrogens is 2. The summed E-state index contributed by atoms with van der Waals surface area (Å²) in [5.41, 5.74) is 0.420.